The third-order valence-corrected chi connectivity index (χ3v) is 6.60. The Hall–Kier alpha value is -2.57. The molecule has 1 amide bonds. The van der Waals surface area contributed by atoms with Gasteiger partial charge < -0.3 is 19.4 Å². The third kappa shape index (κ3) is 5.08. The molecule has 2 aromatic carbocycles. The van der Waals surface area contributed by atoms with Crippen molar-refractivity contribution < 1.29 is 9.53 Å². The Labute approximate surface area is 192 Å². The average Bonchev–Trinajstić information content (AvgIpc) is 2.94. The fourth-order valence-corrected chi connectivity index (χ4v) is 4.81. The molecule has 0 bridgehead atoms. The number of amides is 1. The Morgan fingerprint density at radius 1 is 0.969 bits per heavy atom. The summed E-state index contributed by atoms with van der Waals surface area (Å²) in [7, 11) is 5.93. The van der Waals surface area contributed by atoms with Gasteiger partial charge in [-0.15, -0.1) is 0 Å². The van der Waals surface area contributed by atoms with E-state index >= 15 is 0 Å². The normalized spacial score (nSPS) is 15.8. The molecule has 4 rings (SSSR count). The van der Waals surface area contributed by atoms with E-state index in [4.69, 9.17) is 4.74 Å². The number of carbonyl (C=O) groups excluding carboxylic acids is 1. The molecule has 0 aromatic heterocycles. The van der Waals surface area contributed by atoms with Crippen molar-refractivity contribution in [3.8, 4) is 5.75 Å². The second kappa shape index (κ2) is 10.4. The van der Waals surface area contributed by atoms with Gasteiger partial charge in [-0.05, 0) is 44.6 Å². The van der Waals surface area contributed by atoms with E-state index < -0.39 is 0 Å². The second-order valence-electron chi connectivity index (χ2n) is 9.09. The largest absolute Gasteiger partial charge is 0.496 e. The molecular formula is C26H36N4O2. The minimum Gasteiger partial charge on any atom is -0.496 e. The Kier molecular flexibility index (Phi) is 7.33. The average molecular weight is 437 g/mol. The maximum absolute atomic E-state index is 13.5. The fraction of sp³-hybridized carbons (Fsp3) is 0.500. The van der Waals surface area contributed by atoms with Crippen LogP contribution < -0.4 is 9.64 Å². The third-order valence-electron chi connectivity index (χ3n) is 6.60. The highest BCUT2D eigenvalue weighted by atomic mass is 16.5. The lowest BCUT2D eigenvalue weighted by Gasteiger charge is -2.31. The molecule has 0 saturated carbocycles. The molecule has 32 heavy (non-hydrogen) atoms. The van der Waals surface area contributed by atoms with Crippen LogP contribution in [0.25, 0.3) is 0 Å². The lowest BCUT2D eigenvalue weighted by atomic mass is 9.97. The van der Waals surface area contributed by atoms with Gasteiger partial charge in [0.05, 0.1) is 18.4 Å². The van der Waals surface area contributed by atoms with Crippen LogP contribution in [0, 0.1) is 0 Å². The highest BCUT2D eigenvalue weighted by molar-refractivity contribution is 6.01. The number of nitrogens with zero attached hydrogens (tertiary/aromatic N) is 4. The number of likely N-dealkylation sites (N-methyl/N-ethyl adjacent to an activating group) is 1. The molecule has 6 nitrogen and oxygen atoms in total. The zero-order chi connectivity index (χ0) is 22.5. The van der Waals surface area contributed by atoms with E-state index in [9.17, 15) is 4.79 Å². The summed E-state index contributed by atoms with van der Waals surface area (Å²) in [5, 5.41) is 0. The SMILES string of the molecule is COc1ccccc1CN(CCN(C)C)CCN1CCN2CCCc3cccc(c32)C1=O. The summed E-state index contributed by atoms with van der Waals surface area (Å²) in [6, 6.07) is 14.5. The monoisotopic (exact) mass is 436 g/mol. The van der Waals surface area contributed by atoms with E-state index in [1.54, 1.807) is 7.11 Å². The number of aryl methyl sites for hydroxylation is 1. The van der Waals surface area contributed by atoms with Crippen LogP contribution in [0.15, 0.2) is 42.5 Å². The first-order valence-electron chi connectivity index (χ1n) is 11.7. The molecular weight excluding hydrogens is 400 g/mol. The van der Waals surface area contributed by atoms with E-state index in [1.807, 2.05) is 24.3 Å². The summed E-state index contributed by atoms with van der Waals surface area (Å²) in [6.07, 6.45) is 2.24. The van der Waals surface area contributed by atoms with Crippen LogP contribution in [0.2, 0.25) is 0 Å². The summed E-state index contributed by atoms with van der Waals surface area (Å²) in [6.45, 7) is 7.05. The standard InChI is InChI=1S/C26H36N4O2/c1-27(2)14-15-28(20-22-8-4-5-12-24(22)32-3)16-17-30-19-18-29-13-7-10-21-9-6-11-23(25(21)29)26(30)31/h4-6,8-9,11-12H,7,10,13-20H2,1-3H3. The fourth-order valence-electron chi connectivity index (χ4n) is 4.81. The van der Waals surface area contributed by atoms with Crippen LogP contribution in [0.5, 0.6) is 5.75 Å². The molecule has 0 aliphatic carbocycles. The van der Waals surface area contributed by atoms with Gasteiger partial charge in [0.1, 0.15) is 5.75 Å². The molecule has 0 unspecified atom stereocenters. The van der Waals surface area contributed by atoms with Crippen molar-refractivity contribution in [1.82, 2.24) is 14.7 Å². The molecule has 0 N–H and O–H groups in total. The van der Waals surface area contributed by atoms with Gasteiger partial charge in [-0.3, -0.25) is 9.69 Å². The van der Waals surface area contributed by atoms with Crippen LogP contribution in [-0.4, -0.2) is 87.6 Å². The van der Waals surface area contributed by atoms with Crippen LogP contribution in [-0.2, 0) is 13.0 Å². The summed E-state index contributed by atoms with van der Waals surface area (Å²) in [4.78, 5) is 22.6. The molecule has 2 aliphatic rings. The van der Waals surface area contributed by atoms with Crippen LogP contribution in [0.3, 0.4) is 0 Å². The van der Waals surface area contributed by atoms with E-state index in [0.29, 0.717) is 0 Å². The van der Waals surface area contributed by atoms with Gasteiger partial charge in [0.2, 0.25) is 0 Å². The highest BCUT2D eigenvalue weighted by Gasteiger charge is 2.30. The Morgan fingerprint density at radius 2 is 1.81 bits per heavy atom. The Morgan fingerprint density at radius 3 is 2.62 bits per heavy atom. The summed E-state index contributed by atoms with van der Waals surface area (Å²) >= 11 is 0. The number of anilines is 1. The number of rotatable bonds is 9. The van der Waals surface area contributed by atoms with Crippen molar-refractivity contribution in [2.75, 3.05) is 71.9 Å². The zero-order valence-electron chi connectivity index (χ0n) is 19.7. The molecule has 2 heterocycles. The smallest absolute Gasteiger partial charge is 0.256 e. The minimum absolute atomic E-state index is 0.177. The minimum atomic E-state index is 0.177. The molecule has 2 aliphatic heterocycles. The van der Waals surface area contributed by atoms with Gasteiger partial charge in [0.15, 0.2) is 0 Å². The maximum atomic E-state index is 13.5. The molecule has 0 atom stereocenters. The van der Waals surface area contributed by atoms with Crippen molar-refractivity contribution in [1.29, 1.82) is 0 Å². The van der Waals surface area contributed by atoms with E-state index in [0.717, 1.165) is 70.1 Å². The lowest BCUT2D eigenvalue weighted by Crippen LogP contribution is -2.42. The van der Waals surface area contributed by atoms with Crippen molar-refractivity contribution in [3.05, 3.63) is 59.2 Å². The number of ether oxygens (including phenoxy) is 1. The van der Waals surface area contributed by atoms with Crippen LogP contribution in [0.4, 0.5) is 5.69 Å². The van der Waals surface area contributed by atoms with Crippen molar-refractivity contribution >= 4 is 11.6 Å². The summed E-state index contributed by atoms with van der Waals surface area (Å²) in [5.41, 5.74) is 4.57. The molecule has 0 saturated heterocycles. The van der Waals surface area contributed by atoms with E-state index in [1.165, 1.54) is 23.2 Å². The second-order valence-corrected chi connectivity index (χ2v) is 9.09. The first-order valence-corrected chi connectivity index (χ1v) is 11.7. The quantitative estimate of drug-likeness (QED) is 0.604. The van der Waals surface area contributed by atoms with Crippen LogP contribution in [0.1, 0.15) is 27.9 Å². The first kappa shape index (κ1) is 22.6. The molecule has 172 valence electrons. The zero-order valence-corrected chi connectivity index (χ0v) is 19.7. The first-order chi connectivity index (χ1) is 15.6. The molecule has 2 aromatic rings. The number of methoxy groups -OCH3 is 1. The number of hydrogen-bond acceptors (Lipinski definition) is 5. The number of benzene rings is 2. The van der Waals surface area contributed by atoms with E-state index in [-0.39, 0.29) is 5.91 Å². The predicted molar refractivity (Wildman–Crippen MR) is 130 cm³/mol. The Balaban J connectivity index is 1.48. The number of carbonyl (C=O) groups is 1. The van der Waals surface area contributed by atoms with Gasteiger partial charge in [-0.25, -0.2) is 0 Å². The van der Waals surface area contributed by atoms with Crippen LogP contribution >= 0.6 is 0 Å². The molecule has 0 fully saturated rings. The van der Waals surface area contributed by atoms with Crippen molar-refractivity contribution in [2.24, 2.45) is 0 Å². The van der Waals surface area contributed by atoms with Crippen molar-refractivity contribution in [3.63, 3.8) is 0 Å². The van der Waals surface area contributed by atoms with Gasteiger partial charge in [0, 0.05) is 57.9 Å². The van der Waals surface area contributed by atoms with Gasteiger partial charge in [-0.2, -0.15) is 0 Å². The summed E-state index contributed by atoms with van der Waals surface area (Å²) in [5.74, 6) is 1.10. The molecule has 0 radical (unpaired) electrons. The highest BCUT2D eigenvalue weighted by Crippen LogP contribution is 2.33. The Bertz CT molecular complexity index is 930. The van der Waals surface area contributed by atoms with Gasteiger partial charge >= 0.3 is 0 Å². The topological polar surface area (TPSA) is 39.3 Å². The lowest BCUT2D eigenvalue weighted by molar-refractivity contribution is 0.0742. The molecule has 6 heteroatoms. The predicted octanol–water partition coefficient (Wildman–Crippen LogP) is 2.97. The maximum Gasteiger partial charge on any atom is 0.256 e. The summed E-state index contributed by atoms with van der Waals surface area (Å²) < 4.78 is 5.57. The van der Waals surface area contributed by atoms with Gasteiger partial charge in [-0.1, -0.05) is 30.3 Å². The number of hydrogen-bond donors (Lipinski definition) is 0. The van der Waals surface area contributed by atoms with E-state index in [2.05, 4.69) is 51.9 Å². The molecule has 0 spiro atoms. The number of para-hydroxylation sites is 2. The van der Waals surface area contributed by atoms with Gasteiger partial charge in [0.25, 0.3) is 5.91 Å². The van der Waals surface area contributed by atoms with Crippen molar-refractivity contribution in [2.45, 2.75) is 19.4 Å².